The number of aromatic nitrogens is 2. The molecule has 7 heteroatoms. The smallest absolute Gasteiger partial charge is 0.254 e. The van der Waals surface area contributed by atoms with Crippen molar-refractivity contribution in [3.05, 3.63) is 35.5 Å². The van der Waals surface area contributed by atoms with Gasteiger partial charge in [-0.25, -0.2) is 0 Å². The van der Waals surface area contributed by atoms with E-state index >= 15 is 0 Å². The van der Waals surface area contributed by atoms with E-state index in [-0.39, 0.29) is 11.9 Å². The average molecular weight is 329 g/mol. The summed E-state index contributed by atoms with van der Waals surface area (Å²) in [6, 6.07) is 5.18. The molecule has 1 amide bonds. The maximum Gasteiger partial charge on any atom is 0.254 e. The number of fused-ring (bicyclic) bond motifs is 1. The van der Waals surface area contributed by atoms with E-state index in [0.717, 1.165) is 12.8 Å². The number of nitrogens with zero attached hydrogens (tertiary/aromatic N) is 3. The lowest BCUT2D eigenvalue weighted by Crippen LogP contribution is -2.31. The second-order valence-electron chi connectivity index (χ2n) is 5.91. The molecule has 1 aromatic heterocycles. The molecule has 1 unspecified atom stereocenters. The number of ether oxygens (including phenoxy) is 2. The molecular weight excluding hydrogens is 310 g/mol. The fourth-order valence-corrected chi connectivity index (χ4v) is 3.17. The number of carbonyl (C=O) groups is 1. The molecule has 3 heterocycles. The molecular formula is C17H19N3O4. The van der Waals surface area contributed by atoms with Crippen LogP contribution in [0.3, 0.4) is 0 Å². The number of likely N-dealkylation sites (tertiary alicyclic amines) is 1. The van der Waals surface area contributed by atoms with Crippen LogP contribution < -0.4 is 9.47 Å². The molecule has 126 valence electrons. The third kappa shape index (κ3) is 2.60. The molecule has 0 aliphatic carbocycles. The summed E-state index contributed by atoms with van der Waals surface area (Å²) >= 11 is 0. The maximum atomic E-state index is 12.9. The van der Waals surface area contributed by atoms with Crippen LogP contribution in [0.5, 0.6) is 11.5 Å². The first-order chi connectivity index (χ1) is 11.8. The highest BCUT2D eigenvalue weighted by atomic mass is 16.6. The largest absolute Gasteiger partial charge is 0.486 e. The molecule has 0 bridgehead atoms. The van der Waals surface area contributed by atoms with Crippen LogP contribution in [0.2, 0.25) is 0 Å². The molecule has 1 aromatic carbocycles. The van der Waals surface area contributed by atoms with Gasteiger partial charge in [0, 0.05) is 18.5 Å². The molecule has 0 spiro atoms. The van der Waals surface area contributed by atoms with E-state index in [1.165, 1.54) is 0 Å². The minimum atomic E-state index is -0.130. The fourth-order valence-electron chi connectivity index (χ4n) is 3.17. The van der Waals surface area contributed by atoms with Crippen molar-refractivity contribution in [3.63, 3.8) is 0 Å². The van der Waals surface area contributed by atoms with Gasteiger partial charge in [-0.3, -0.25) is 4.79 Å². The van der Waals surface area contributed by atoms with E-state index in [2.05, 4.69) is 10.1 Å². The number of hydrogen-bond donors (Lipinski definition) is 0. The van der Waals surface area contributed by atoms with E-state index in [0.29, 0.717) is 55.0 Å². The van der Waals surface area contributed by atoms with Crippen LogP contribution >= 0.6 is 0 Å². The Hall–Kier alpha value is -2.57. The average Bonchev–Trinajstić information content (AvgIpc) is 3.29. The monoisotopic (exact) mass is 329 g/mol. The van der Waals surface area contributed by atoms with Crippen molar-refractivity contribution in [2.45, 2.75) is 32.2 Å². The first-order valence-corrected chi connectivity index (χ1v) is 8.29. The highest BCUT2D eigenvalue weighted by Crippen LogP contribution is 2.34. The fraction of sp³-hybridized carbons (Fsp3) is 0.471. The zero-order chi connectivity index (χ0) is 16.5. The van der Waals surface area contributed by atoms with Gasteiger partial charge in [0.15, 0.2) is 17.3 Å². The number of carbonyl (C=O) groups excluding carboxylic acids is 1. The summed E-state index contributed by atoms with van der Waals surface area (Å²) < 4.78 is 16.3. The first-order valence-electron chi connectivity index (χ1n) is 8.29. The summed E-state index contributed by atoms with van der Waals surface area (Å²) in [6.07, 6.45) is 2.46. The molecule has 1 atom stereocenters. The molecule has 1 saturated heterocycles. The van der Waals surface area contributed by atoms with Gasteiger partial charge in [-0.1, -0.05) is 12.1 Å². The maximum absolute atomic E-state index is 12.9. The standard InChI is InChI=1S/C17H19N3O4/c1-2-15-18-16(19-24-15)12-4-3-7-20(12)17(21)11-5-6-13-14(10-11)23-9-8-22-13/h5-6,10,12H,2-4,7-9H2,1H3. The van der Waals surface area contributed by atoms with Gasteiger partial charge < -0.3 is 18.9 Å². The normalized spacial score (nSPS) is 19.5. The van der Waals surface area contributed by atoms with Crippen molar-refractivity contribution in [1.29, 1.82) is 0 Å². The molecule has 2 aliphatic heterocycles. The lowest BCUT2D eigenvalue weighted by atomic mass is 10.1. The van der Waals surface area contributed by atoms with Crippen molar-refractivity contribution in [1.82, 2.24) is 15.0 Å². The molecule has 0 N–H and O–H groups in total. The topological polar surface area (TPSA) is 77.7 Å². The van der Waals surface area contributed by atoms with E-state index in [9.17, 15) is 4.79 Å². The first kappa shape index (κ1) is 15.0. The molecule has 2 aliphatic rings. The predicted octanol–water partition coefficient (Wildman–Crippen LogP) is 2.38. The molecule has 4 rings (SSSR count). The Bertz CT molecular complexity index is 758. The Balaban J connectivity index is 1.58. The van der Waals surface area contributed by atoms with Crippen LogP contribution in [0, 0.1) is 0 Å². The third-order valence-electron chi connectivity index (χ3n) is 4.39. The number of aryl methyl sites for hydroxylation is 1. The molecule has 2 aromatic rings. The Kier molecular flexibility index (Phi) is 3.84. The number of rotatable bonds is 3. The third-order valence-corrected chi connectivity index (χ3v) is 4.39. The summed E-state index contributed by atoms with van der Waals surface area (Å²) in [4.78, 5) is 19.1. The van der Waals surface area contributed by atoms with E-state index in [4.69, 9.17) is 14.0 Å². The quantitative estimate of drug-likeness (QED) is 0.860. The minimum absolute atomic E-state index is 0.0441. The molecule has 0 radical (unpaired) electrons. The minimum Gasteiger partial charge on any atom is -0.486 e. The lowest BCUT2D eigenvalue weighted by molar-refractivity contribution is 0.0727. The zero-order valence-electron chi connectivity index (χ0n) is 13.5. The van der Waals surface area contributed by atoms with E-state index in [1.807, 2.05) is 11.8 Å². The van der Waals surface area contributed by atoms with Crippen LogP contribution in [0.4, 0.5) is 0 Å². The Morgan fingerprint density at radius 2 is 2.12 bits per heavy atom. The number of benzene rings is 1. The lowest BCUT2D eigenvalue weighted by Gasteiger charge is -2.23. The molecule has 24 heavy (non-hydrogen) atoms. The Morgan fingerprint density at radius 1 is 1.29 bits per heavy atom. The zero-order valence-corrected chi connectivity index (χ0v) is 13.5. The highest BCUT2D eigenvalue weighted by molar-refractivity contribution is 5.95. The van der Waals surface area contributed by atoms with Gasteiger partial charge in [-0.2, -0.15) is 4.98 Å². The van der Waals surface area contributed by atoms with E-state index in [1.54, 1.807) is 18.2 Å². The second-order valence-corrected chi connectivity index (χ2v) is 5.91. The van der Waals surface area contributed by atoms with Gasteiger partial charge in [0.25, 0.3) is 5.91 Å². The van der Waals surface area contributed by atoms with Gasteiger partial charge >= 0.3 is 0 Å². The summed E-state index contributed by atoms with van der Waals surface area (Å²) in [7, 11) is 0. The van der Waals surface area contributed by atoms with Crippen LogP contribution in [0.15, 0.2) is 22.7 Å². The van der Waals surface area contributed by atoms with Crippen molar-refractivity contribution in [2.24, 2.45) is 0 Å². The summed E-state index contributed by atoms with van der Waals surface area (Å²) in [5.74, 6) is 2.45. The highest BCUT2D eigenvalue weighted by Gasteiger charge is 2.34. The van der Waals surface area contributed by atoms with Crippen LogP contribution in [0.25, 0.3) is 0 Å². The van der Waals surface area contributed by atoms with Gasteiger partial charge in [0.05, 0.1) is 6.04 Å². The van der Waals surface area contributed by atoms with Crippen molar-refractivity contribution < 1.29 is 18.8 Å². The SMILES string of the molecule is CCc1nc(C2CCCN2C(=O)c2ccc3c(c2)OCCO3)no1. The summed E-state index contributed by atoms with van der Waals surface area (Å²) in [5.41, 5.74) is 0.588. The van der Waals surface area contributed by atoms with Gasteiger partial charge in [-0.05, 0) is 31.0 Å². The summed E-state index contributed by atoms with van der Waals surface area (Å²) in [5, 5.41) is 4.04. The van der Waals surface area contributed by atoms with Gasteiger partial charge in [-0.15, -0.1) is 0 Å². The molecule has 0 saturated carbocycles. The second kappa shape index (κ2) is 6.14. The Labute approximate surface area is 139 Å². The van der Waals surface area contributed by atoms with Crippen LogP contribution in [0.1, 0.15) is 47.9 Å². The van der Waals surface area contributed by atoms with Gasteiger partial charge in [0.2, 0.25) is 5.89 Å². The van der Waals surface area contributed by atoms with Crippen LogP contribution in [-0.4, -0.2) is 40.7 Å². The Morgan fingerprint density at radius 3 is 2.92 bits per heavy atom. The summed E-state index contributed by atoms with van der Waals surface area (Å²) in [6.45, 7) is 3.68. The van der Waals surface area contributed by atoms with Crippen LogP contribution in [-0.2, 0) is 6.42 Å². The van der Waals surface area contributed by atoms with Gasteiger partial charge in [0.1, 0.15) is 13.2 Å². The molecule has 7 nitrogen and oxygen atoms in total. The molecule has 1 fully saturated rings. The van der Waals surface area contributed by atoms with E-state index < -0.39 is 0 Å². The number of hydrogen-bond acceptors (Lipinski definition) is 6. The van der Waals surface area contributed by atoms with Crippen molar-refractivity contribution in [3.8, 4) is 11.5 Å². The number of amides is 1. The predicted molar refractivity (Wildman–Crippen MR) is 84.1 cm³/mol. The van der Waals surface area contributed by atoms with Crippen molar-refractivity contribution >= 4 is 5.91 Å². The van der Waals surface area contributed by atoms with Crippen molar-refractivity contribution in [2.75, 3.05) is 19.8 Å².